The van der Waals surface area contributed by atoms with Gasteiger partial charge in [0.05, 0.1) is 22.5 Å². The first-order valence-corrected chi connectivity index (χ1v) is 9.59. The van der Waals surface area contributed by atoms with E-state index < -0.39 is 10.0 Å². The van der Waals surface area contributed by atoms with Crippen LogP contribution >= 0.6 is 27.3 Å². The first-order chi connectivity index (χ1) is 10.8. The predicted molar refractivity (Wildman–Crippen MR) is 93.1 cm³/mol. The fraction of sp³-hybridized carbons (Fsp3) is 0.143. The van der Waals surface area contributed by atoms with Crippen molar-refractivity contribution in [1.29, 1.82) is 5.26 Å². The summed E-state index contributed by atoms with van der Waals surface area (Å²) >= 11 is 4.25. The van der Waals surface area contributed by atoms with E-state index in [0.29, 0.717) is 26.4 Å². The Hall–Kier alpha value is -1.89. The number of benzene rings is 1. The number of halogens is 1. The number of rotatable bonds is 3. The lowest BCUT2D eigenvalue weighted by Gasteiger charge is -2.09. The normalized spacial score (nSPS) is 11.6. The molecule has 0 amide bonds. The van der Waals surface area contributed by atoms with Gasteiger partial charge < -0.3 is 4.98 Å². The molecule has 0 aliphatic rings. The average Bonchev–Trinajstić information content (AvgIpc) is 3.06. The maximum atomic E-state index is 12.6. The monoisotopic (exact) mass is 410 g/mol. The molecular formula is C14H11BrN4O2S2. The van der Waals surface area contributed by atoms with E-state index in [-0.39, 0.29) is 4.21 Å². The number of hydrogen-bond donors (Lipinski definition) is 2. The fourth-order valence-electron chi connectivity index (χ4n) is 2.38. The van der Waals surface area contributed by atoms with Gasteiger partial charge in [0.1, 0.15) is 6.07 Å². The second-order valence-electron chi connectivity index (χ2n) is 4.94. The molecule has 0 spiro atoms. The third kappa shape index (κ3) is 2.73. The van der Waals surface area contributed by atoms with Crippen molar-refractivity contribution in [2.45, 2.75) is 18.1 Å². The molecule has 0 saturated heterocycles. The van der Waals surface area contributed by atoms with E-state index >= 15 is 0 Å². The standard InChI is InChI=1S/C14H11BrN4O2S2/c1-7-3-4-10(12-11(7)9(5-16)6-17-12)19-23(20,21)13-8(2)18-14(15)22-13/h3-4,6,17,19H,1-2H3. The average molecular weight is 411 g/mol. The number of aromatic amines is 1. The summed E-state index contributed by atoms with van der Waals surface area (Å²) in [4.78, 5) is 7.05. The van der Waals surface area contributed by atoms with Gasteiger partial charge in [0.15, 0.2) is 8.13 Å². The molecule has 2 aromatic heterocycles. The minimum absolute atomic E-state index is 0.158. The van der Waals surface area contributed by atoms with Gasteiger partial charge >= 0.3 is 0 Å². The van der Waals surface area contributed by atoms with E-state index in [0.717, 1.165) is 22.3 Å². The molecule has 3 rings (SSSR count). The summed E-state index contributed by atoms with van der Waals surface area (Å²) in [5.74, 6) is 0. The van der Waals surface area contributed by atoms with E-state index in [1.807, 2.05) is 6.92 Å². The summed E-state index contributed by atoms with van der Waals surface area (Å²) in [5, 5.41) is 9.89. The third-order valence-electron chi connectivity index (χ3n) is 3.38. The van der Waals surface area contributed by atoms with Gasteiger partial charge in [0, 0.05) is 11.6 Å². The summed E-state index contributed by atoms with van der Waals surface area (Å²) in [7, 11) is -3.75. The molecule has 23 heavy (non-hydrogen) atoms. The number of nitrogens with zero attached hydrogens (tertiary/aromatic N) is 2. The first kappa shape index (κ1) is 16.0. The van der Waals surface area contributed by atoms with Crippen LogP contribution in [-0.2, 0) is 10.0 Å². The minimum atomic E-state index is -3.75. The smallest absolute Gasteiger partial charge is 0.273 e. The van der Waals surface area contributed by atoms with Crippen LogP contribution in [0, 0.1) is 25.2 Å². The van der Waals surface area contributed by atoms with E-state index in [9.17, 15) is 8.42 Å². The molecule has 0 unspecified atom stereocenters. The molecular weight excluding hydrogens is 400 g/mol. The number of nitriles is 1. The molecule has 2 N–H and O–H groups in total. The number of aromatic nitrogens is 2. The highest BCUT2D eigenvalue weighted by molar-refractivity contribution is 9.11. The van der Waals surface area contributed by atoms with E-state index in [2.05, 4.69) is 36.7 Å². The van der Waals surface area contributed by atoms with Crippen molar-refractivity contribution < 1.29 is 8.42 Å². The highest BCUT2D eigenvalue weighted by Crippen LogP contribution is 2.32. The molecule has 9 heteroatoms. The molecule has 3 aromatic rings. The number of fused-ring (bicyclic) bond motifs is 1. The molecule has 6 nitrogen and oxygen atoms in total. The molecule has 0 aliphatic heterocycles. The Morgan fingerprint density at radius 2 is 2.13 bits per heavy atom. The lowest BCUT2D eigenvalue weighted by atomic mass is 10.1. The molecule has 0 fully saturated rings. The zero-order valence-electron chi connectivity index (χ0n) is 12.1. The van der Waals surface area contributed by atoms with Crippen molar-refractivity contribution >= 4 is 53.9 Å². The number of aryl methyl sites for hydroxylation is 2. The summed E-state index contributed by atoms with van der Waals surface area (Å²) < 4.78 is 28.4. The van der Waals surface area contributed by atoms with Crippen LogP contribution in [0.1, 0.15) is 16.8 Å². The molecule has 0 bridgehead atoms. The van der Waals surface area contributed by atoms with Crippen LogP contribution in [0.15, 0.2) is 26.5 Å². The van der Waals surface area contributed by atoms with Gasteiger partial charge in [-0.05, 0) is 41.4 Å². The number of thiazole rings is 1. The van der Waals surface area contributed by atoms with Gasteiger partial charge in [-0.1, -0.05) is 17.4 Å². The Morgan fingerprint density at radius 3 is 2.74 bits per heavy atom. The van der Waals surface area contributed by atoms with Gasteiger partial charge in [0.2, 0.25) is 0 Å². The van der Waals surface area contributed by atoms with Crippen LogP contribution in [0.4, 0.5) is 5.69 Å². The number of sulfonamides is 1. The molecule has 118 valence electrons. The van der Waals surface area contributed by atoms with E-state index in [4.69, 9.17) is 5.26 Å². The Bertz CT molecular complexity index is 1060. The third-order valence-corrected chi connectivity index (χ3v) is 6.96. The molecule has 1 aromatic carbocycles. The van der Waals surface area contributed by atoms with Gasteiger partial charge in [-0.3, -0.25) is 4.72 Å². The Labute approximate surface area is 145 Å². The topological polar surface area (TPSA) is 98.6 Å². The lowest BCUT2D eigenvalue weighted by Crippen LogP contribution is -2.13. The Balaban J connectivity index is 2.12. The highest BCUT2D eigenvalue weighted by Gasteiger charge is 2.23. The first-order valence-electron chi connectivity index (χ1n) is 6.50. The number of hydrogen-bond acceptors (Lipinski definition) is 5. The fourth-order valence-corrected chi connectivity index (χ4v) is 5.77. The zero-order chi connectivity index (χ0) is 16.8. The summed E-state index contributed by atoms with van der Waals surface area (Å²) in [6.45, 7) is 3.52. The maximum Gasteiger partial charge on any atom is 0.273 e. The van der Waals surface area contributed by atoms with Crippen molar-refractivity contribution in [3.63, 3.8) is 0 Å². The lowest BCUT2D eigenvalue weighted by molar-refractivity contribution is 0.602. The molecule has 0 atom stereocenters. The summed E-state index contributed by atoms with van der Waals surface area (Å²) in [6.07, 6.45) is 1.57. The number of nitrogens with one attached hydrogen (secondary N) is 2. The van der Waals surface area contributed by atoms with Gasteiger partial charge in [-0.25, -0.2) is 13.4 Å². The van der Waals surface area contributed by atoms with Crippen LogP contribution in [0.2, 0.25) is 0 Å². The van der Waals surface area contributed by atoms with Crippen molar-refractivity contribution in [1.82, 2.24) is 9.97 Å². The SMILES string of the molecule is Cc1nc(Br)sc1S(=O)(=O)Nc1ccc(C)c2c(C#N)c[nH]c12. The number of anilines is 1. The van der Waals surface area contributed by atoms with Crippen LogP contribution in [0.25, 0.3) is 10.9 Å². The largest absolute Gasteiger partial charge is 0.358 e. The second kappa shape index (κ2) is 5.63. The molecule has 0 aliphatic carbocycles. The second-order valence-corrected chi connectivity index (χ2v) is 9.09. The molecule has 2 heterocycles. The number of H-pyrrole nitrogens is 1. The molecule has 0 radical (unpaired) electrons. The zero-order valence-corrected chi connectivity index (χ0v) is 15.4. The van der Waals surface area contributed by atoms with Crippen molar-refractivity contribution in [3.05, 3.63) is 39.1 Å². The van der Waals surface area contributed by atoms with Crippen molar-refractivity contribution in [2.24, 2.45) is 0 Å². The van der Waals surface area contributed by atoms with Crippen LogP contribution in [-0.4, -0.2) is 18.4 Å². The maximum absolute atomic E-state index is 12.6. The Kier molecular flexibility index (Phi) is 3.91. The van der Waals surface area contributed by atoms with E-state index in [1.54, 1.807) is 25.3 Å². The minimum Gasteiger partial charge on any atom is -0.358 e. The summed E-state index contributed by atoms with van der Waals surface area (Å²) in [6, 6.07) is 5.56. The predicted octanol–water partition coefficient (Wildman–Crippen LogP) is 3.68. The van der Waals surface area contributed by atoms with E-state index in [1.165, 1.54) is 0 Å². The Morgan fingerprint density at radius 1 is 1.39 bits per heavy atom. The van der Waals surface area contributed by atoms with Crippen molar-refractivity contribution in [2.75, 3.05) is 4.72 Å². The summed E-state index contributed by atoms with van der Waals surface area (Å²) in [5.41, 5.74) is 2.80. The van der Waals surface area contributed by atoms with Crippen molar-refractivity contribution in [3.8, 4) is 6.07 Å². The quantitative estimate of drug-likeness (QED) is 0.687. The molecule has 0 saturated carbocycles. The van der Waals surface area contributed by atoms with Gasteiger partial charge in [-0.15, -0.1) is 0 Å². The van der Waals surface area contributed by atoms with Gasteiger partial charge in [0.25, 0.3) is 10.0 Å². The van der Waals surface area contributed by atoms with Crippen LogP contribution < -0.4 is 4.72 Å². The highest BCUT2D eigenvalue weighted by atomic mass is 79.9. The van der Waals surface area contributed by atoms with Crippen LogP contribution in [0.3, 0.4) is 0 Å². The van der Waals surface area contributed by atoms with Crippen LogP contribution in [0.5, 0.6) is 0 Å². The van der Waals surface area contributed by atoms with Gasteiger partial charge in [-0.2, -0.15) is 5.26 Å².